The molecule has 0 fully saturated rings. The second kappa shape index (κ2) is 9.50. The van der Waals surface area contributed by atoms with E-state index in [0.29, 0.717) is 30.6 Å². The summed E-state index contributed by atoms with van der Waals surface area (Å²) in [7, 11) is 3.81. The van der Waals surface area contributed by atoms with Gasteiger partial charge in [0, 0.05) is 25.9 Å². The van der Waals surface area contributed by atoms with E-state index < -0.39 is 11.6 Å². The van der Waals surface area contributed by atoms with E-state index in [9.17, 15) is 9.59 Å². The molecule has 2 rings (SSSR count). The Morgan fingerprint density at radius 2 is 1.96 bits per heavy atom. The maximum Gasteiger partial charge on any atom is 0.326 e. The molecular weight excluding hydrogens is 364 g/mol. The fraction of sp³-hybridized carbons (Fsp3) is 0.579. The summed E-state index contributed by atoms with van der Waals surface area (Å²) in [6.07, 6.45) is 1.95. The molecule has 0 N–H and O–H groups in total. The maximum atomic E-state index is 12.7. The molecule has 1 amide bonds. The first-order valence-corrected chi connectivity index (χ1v) is 9.15. The average Bonchev–Trinajstić information content (AvgIpc) is 3.25. The number of rotatable bonds is 9. The minimum absolute atomic E-state index is 0.0918. The summed E-state index contributed by atoms with van der Waals surface area (Å²) >= 11 is 0. The molecule has 2 heterocycles. The number of furan rings is 1. The Hall–Kier alpha value is -2.68. The minimum atomic E-state index is -0.598. The van der Waals surface area contributed by atoms with Crippen LogP contribution >= 0.6 is 0 Å². The normalized spacial score (nSPS) is 11.6. The van der Waals surface area contributed by atoms with Gasteiger partial charge in [0.1, 0.15) is 12.1 Å². The topological polar surface area (TPSA) is 102 Å². The summed E-state index contributed by atoms with van der Waals surface area (Å²) < 4.78 is 15.7. The molecule has 0 aromatic carbocycles. The van der Waals surface area contributed by atoms with Crippen molar-refractivity contribution in [1.82, 2.24) is 19.9 Å². The number of carbonyl (C=O) groups is 2. The number of likely N-dealkylation sites (N-methyl/N-ethyl adjacent to an activating group) is 1. The van der Waals surface area contributed by atoms with Crippen LogP contribution in [0.1, 0.15) is 33.1 Å². The van der Waals surface area contributed by atoms with Crippen LogP contribution in [-0.2, 0) is 20.7 Å². The minimum Gasteiger partial charge on any atom is -0.461 e. The lowest BCUT2D eigenvalue weighted by Gasteiger charge is -2.26. The highest BCUT2D eigenvalue weighted by Gasteiger charge is 2.23. The molecular formula is C19H28N4O5. The molecule has 2 aromatic rings. The summed E-state index contributed by atoms with van der Waals surface area (Å²) in [6.45, 7) is 6.35. The van der Waals surface area contributed by atoms with E-state index in [1.165, 1.54) is 11.2 Å². The maximum absolute atomic E-state index is 12.7. The Kier molecular flexibility index (Phi) is 7.33. The van der Waals surface area contributed by atoms with Gasteiger partial charge in [-0.2, -0.15) is 4.98 Å². The predicted molar refractivity (Wildman–Crippen MR) is 101 cm³/mol. The van der Waals surface area contributed by atoms with Crippen molar-refractivity contribution in [3.8, 4) is 11.6 Å². The number of hydrogen-bond donors (Lipinski definition) is 0. The van der Waals surface area contributed by atoms with Gasteiger partial charge in [-0.3, -0.25) is 9.59 Å². The molecule has 2 aromatic heterocycles. The third kappa shape index (κ3) is 7.15. The molecule has 0 radical (unpaired) electrons. The predicted octanol–water partition coefficient (Wildman–Crippen LogP) is 1.99. The number of nitrogens with zero attached hydrogens (tertiary/aromatic N) is 4. The van der Waals surface area contributed by atoms with Crippen LogP contribution in [0.3, 0.4) is 0 Å². The number of aryl methyl sites for hydroxylation is 1. The van der Waals surface area contributed by atoms with Crippen LogP contribution in [0.25, 0.3) is 11.6 Å². The lowest BCUT2D eigenvalue weighted by atomic mass is 10.2. The zero-order chi connectivity index (χ0) is 20.7. The van der Waals surface area contributed by atoms with Gasteiger partial charge in [-0.1, -0.05) is 5.16 Å². The molecule has 0 aliphatic rings. The number of aromatic nitrogens is 2. The highest BCUT2D eigenvalue weighted by atomic mass is 16.6. The lowest BCUT2D eigenvalue weighted by molar-refractivity contribution is -0.159. The summed E-state index contributed by atoms with van der Waals surface area (Å²) in [5.41, 5.74) is -0.598. The average molecular weight is 392 g/mol. The Morgan fingerprint density at radius 3 is 2.57 bits per heavy atom. The fourth-order valence-electron chi connectivity index (χ4n) is 2.38. The molecule has 0 aliphatic heterocycles. The number of ether oxygens (including phenoxy) is 1. The number of esters is 1. The van der Waals surface area contributed by atoms with Crippen LogP contribution < -0.4 is 0 Å². The van der Waals surface area contributed by atoms with Gasteiger partial charge in [-0.15, -0.1) is 0 Å². The van der Waals surface area contributed by atoms with Crippen LogP contribution in [-0.4, -0.2) is 71.1 Å². The van der Waals surface area contributed by atoms with E-state index in [1.807, 2.05) is 19.0 Å². The fourth-order valence-corrected chi connectivity index (χ4v) is 2.38. The summed E-state index contributed by atoms with van der Waals surface area (Å²) in [5.74, 6) is 0.567. The van der Waals surface area contributed by atoms with Crippen LogP contribution in [0.4, 0.5) is 0 Å². The molecule has 9 heteroatoms. The molecule has 0 saturated heterocycles. The number of amides is 1. The quantitative estimate of drug-likeness (QED) is 0.597. The Balaban J connectivity index is 1.94. The van der Waals surface area contributed by atoms with Gasteiger partial charge in [0.25, 0.3) is 0 Å². The van der Waals surface area contributed by atoms with Gasteiger partial charge in [0.05, 0.1) is 6.26 Å². The second-order valence-electron chi connectivity index (χ2n) is 7.69. The van der Waals surface area contributed by atoms with Crippen molar-refractivity contribution in [3.63, 3.8) is 0 Å². The summed E-state index contributed by atoms with van der Waals surface area (Å²) in [4.78, 5) is 32.5. The smallest absolute Gasteiger partial charge is 0.326 e. The van der Waals surface area contributed by atoms with Crippen molar-refractivity contribution >= 4 is 11.9 Å². The third-order valence-corrected chi connectivity index (χ3v) is 3.67. The van der Waals surface area contributed by atoms with E-state index in [2.05, 4.69) is 10.1 Å². The Bertz CT molecular complexity index is 762. The van der Waals surface area contributed by atoms with Crippen LogP contribution in [0.2, 0.25) is 0 Å². The van der Waals surface area contributed by atoms with Crippen molar-refractivity contribution in [2.45, 2.75) is 39.2 Å². The third-order valence-electron chi connectivity index (χ3n) is 3.67. The molecule has 154 valence electrons. The Labute approximate surface area is 164 Å². The van der Waals surface area contributed by atoms with Crippen molar-refractivity contribution in [3.05, 3.63) is 24.3 Å². The second-order valence-corrected chi connectivity index (χ2v) is 7.69. The molecule has 0 spiro atoms. The summed E-state index contributed by atoms with van der Waals surface area (Å²) in [5, 5.41) is 3.84. The number of carbonyl (C=O) groups excluding carboxylic acids is 2. The molecule has 9 nitrogen and oxygen atoms in total. The first kappa shape index (κ1) is 21.6. The van der Waals surface area contributed by atoms with Crippen LogP contribution in [0, 0.1) is 0 Å². The lowest BCUT2D eigenvalue weighted by Crippen LogP contribution is -2.42. The van der Waals surface area contributed by atoms with Crippen LogP contribution in [0.15, 0.2) is 27.3 Å². The van der Waals surface area contributed by atoms with Gasteiger partial charge in [-0.25, -0.2) is 0 Å². The van der Waals surface area contributed by atoms with Crippen molar-refractivity contribution in [2.24, 2.45) is 0 Å². The standard InChI is InChI=1S/C19H28N4O5/c1-19(2,3)27-17(25)13-23(11-10-22(4)5)16(24)9-8-15-20-18(21-28-15)14-7-6-12-26-14/h6-7,12H,8-11,13H2,1-5H3. The molecule has 0 aliphatic carbocycles. The molecule has 0 saturated carbocycles. The first-order valence-electron chi connectivity index (χ1n) is 9.15. The van der Waals surface area contributed by atoms with E-state index in [1.54, 1.807) is 32.9 Å². The van der Waals surface area contributed by atoms with Gasteiger partial charge in [0.15, 0.2) is 5.76 Å². The number of hydrogen-bond acceptors (Lipinski definition) is 8. The highest BCUT2D eigenvalue weighted by molar-refractivity contribution is 5.82. The monoisotopic (exact) mass is 392 g/mol. The van der Waals surface area contributed by atoms with E-state index in [-0.39, 0.29) is 25.3 Å². The van der Waals surface area contributed by atoms with Gasteiger partial charge >= 0.3 is 5.97 Å². The largest absolute Gasteiger partial charge is 0.461 e. The highest BCUT2D eigenvalue weighted by Crippen LogP contribution is 2.16. The summed E-state index contributed by atoms with van der Waals surface area (Å²) in [6, 6.07) is 3.46. The van der Waals surface area contributed by atoms with Crippen molar-refractivity contribution in [1.29, 1.82) is 0 Å². The zero-order valence-electron chi connectivity index (χ0n) is 17.1. The van der Waals surface area contributed by atoms with Crippen molar-refractivity contribution < 1.29 is 23.3 Å². The molecule has 0 unspecified atom stereocenters. The Morgan fingerprint density at radius 1 is 1.21 bits per heavy atom. The molecule has 0 bridgehead atoms. The van der Waals surface area contributed by atoms with Gasteiger partial charge in [0.2, 0.25) is 17.6 Å². The molecule has 0 atom stereocenters. The molecule has 28 heavy (non-hydrogen) atoms. The SMILES string of the molecule is CN(C)CCN(CC(=O)OC(C)(C)C)C(=O)CCc1nc(-c2ccco2)no1. The van der Waals surface area contributed by atoms with E-state index in [4.69, 9.17) is 13.7 Å². The van der Waals surface area contributed by atoms with Crippen LogP contribution in [0.5, 0.6) is 0 Å². The van der Waals surface area contributed by atoms with E-state index in [0.717, 1.165) is 0 Å². The zero-order valence-corrected chi connectivity index (χ0v) is 17.1. The van der Waals surface area contributed by atoms with E-state index >= 15 is 0 Å². The van der Waals surface area contributed by atoms with Crippen molar-refractivity contribution in [2.75, 3.05) is 33.7 Å². The first-order chi connectivity index (χ1) is 13.1. The van der Waals surface area contributed by atoms with Gasteiger partial charge < -0.3 is 23.5 Å². The van der Waals surface area contributed by atoms with Gasteiger partial charge in [-0.05, 0) is 47.0 Å².